The Kier molecular flexibility index (Phi) is 7.40. The first-order chi connectivity index (χ1) is 9.85. The number of nitrogens with two attached hydrogens (primary N) is 1. The van der Waals surface area contributed by atoms with E-state index in [1.807, 2.05) is 0 Å². The van der Waals surface area contributed by atoms with Gasteiger partial charge in [-0.25, -0.2) is 0 Å². The highest BCUT2D eigenvalue weighted by Gasteiger charge is 2.17. The Labute approximate surface area is 133 Å². The van der Waals surface area contributed by atoms with E-state index < -0.39 is 0 Å². The van der Waals surface area contributed by atoms with Crippen LogP contribution in [0.5, 0.6) is 0 Å². The molecule has 2 unspecified atom stereocenters. The van der Waals surface area contributed by atoms with Gasteiger partial charge < -0.3 is 11.1 Å². The number of thiophene rings is 1. The predicted octanol–water partition coefficient (Wildman–Crippen LogP) is 3.94. The Morgan fingerprint density at radius 3 is 2.43 bits per heavy atom. The summed E-state index contributed by atoms with van der Waals surface area (Å²) in [6.45, 7) is 11.4. The number of hydrogen-bond acceptors (Lipinski definition) is 3. The number of hydrogen-bond donors (Lipinski definition) is 2. The van der Waals surface area contributed by atoms with Crippen LogP contribution >= 0.6 is 11.3 Å². The zero-order valence-corrected chi connectivity index (χ0v) is 14.8. The zero-order valence-electron chi connectivity index (χ0n) is 14.0. The van der Waals surface area contributed by atoms with Crippen LogP contribution in [-0.2, 0) is 4.79 Å². The minimum Gasteiger partial charge on any atom is -0.350 e. The molecule has 3 nitrogen and oxygen atoms in total. The molecule has 2 atom stereocenters. The first kappa shape index (κ1) is 18.2. The third-order valence-corrected chi connectivity index (χ3v) is 5.13. The molecule has 0 aliphatic rings. The molecule has 0 bridgehead atoms. The number of carbonyl (C=O) groups excluding carboxylic acids is 1. The van der Waals surface area contributed by atoms with Crippen molar-refractivity contribution in [2.24, 2.45) is 17.6 Å². The smallest absolute Gasteiger partial charge is 0.220 e. The number of nitrogens with one attached hydrogen (secondary N) is 1. The largest absolute Gasteiger partial charge is 0.350 e. The highest BCUT2D eigenvalue weighted by Crippen LogP contribution is 2.26. The van der Waals surface area contributed by atoms with Crippen molar-refractivity contribution < 1.29 is 4.79 Å². The summed E-state index contributed by atoms with van der Waals surface area (Å²) in [5.41, 5.74) is 6.89. The standard InChI is InChI=1S/C17H30N2OS/c1-11(2)15(8-9-18)6-7-17(20)19-13(4)16-10-12(3)21-14(16)5/h10-11,13,15H,6-9,18H2,1-5H3,(H,19,20). The summed E-state index contributed by atoms with van der Waals surface area (Å²) in [7, 11) is 0. The van der Waals surface area contributed by atoms with Crippen LogP contribution in [0.15, 0.2) is 6.07 Å². The van der Waals surface area contributed by atoms with E-state index in [2.05, 4.69) is 46.0 Å². The fraction of sp³-hybridized carbons (Fsp3) is 0.706. The van der Waals surface area contributed by atoms with Gasteiger partial charge in [0.15, 0.2) is 0 Å². The minimum atomic E-state index is 0.0921. The summed E-state index contributed by atoms with van der Waals surface area (Å²) >= 11 is 1.79. The monoisotopic (exact) mass is 310 g/mol. The summed E-state index contributed by atoms with van der Waals surface area (Å²) in [4.78, 5) is 14.7. The van der Waals surface area contributed by atoms with Gasteiger partial charge in [0, 0.05) is 16.2 Å². The molecule has 3 N–H and O–H groups in total. The highest BCUT2D eigenvalue weighted by atomic mass is 32.1. The molecule has 4 heteroatoms. The lowest BCUT2D eigenvalue weighted by atomic mass is 9.88. The van der Waals surface area contributed by atoms with Crippen molar-refractivity contribution in [3.8, 4) is 0 Å². The van der Waals surface area contributed by atoms with Gasteiger partial charge in [-0.1, -0.05) is 13.8 Å². The molecule has 21 heavy (non-hydrogen) atoms. The van der Waals surface area contributed by atoms with Crippen LogP contribution < -0.4 is 11.1 Å². The van der Waals surface area contributed by atoms with Crippen molar-refractivity contribution in [1.82, 2.24) is 5.32 Å². The zero-order chi connectivity index (χ0) is 16.0. The van der Waals surface area contributed by atoms with E-state index in [0.29, 0.717) is 24.8 Å². The summed E-state index contributed by atoms with van der Waals surface area (Å²) in [5, 5.41) is 3.12. The third-order valence-electron chi connectivity index (χ3n) is 4.15. The predicted molar refractivity (Wildman–Crippen MR) is 91.6 cm³/mol. The van der Waals surface area contributed by atoms with Crippen LogP contribution in [0.25, 0.3) is 0 Å². The second-order valence-electron chi connectivity index (χ2n) is 6.28. The van der Waals surface area contributed by atoms with Gasteiger partial charge in [-0.3, -0.25) is 4.79 Å². The molecule has 0 fully saturated rings. The van der Waals surface area contributed by atoms with Crippen molar-refractivity contribution in [3.05, 3.63) is 21.4 Å². The molecule has 1 amide bonds. The van der Waals surface area contributed by atoms with Crippen molar-refractivity contribution in [2.75, 3.05) is 6.54 Å². The molecular formula is C17H30N2OS. The second kappa shape index (κ2) is 8.54. The number of rotatable bonds is 8. The topological polar surface area (TPSA) is 55.1 Å². The second-order valence-corrected chi connectivity index (χ2v) is 7.74. The number of amides is 1. The first-order valence-corrected chi connectivity index (χ1v) is 8.73. The van der Waals surface area contributed by atoms with Crippen molar-refractivity contribution >= 4 is 17.2 Å². The van der Waals surface area contributed by atoms with Crippen LogP contribution in [0, 0.1) is 25.7 Å². The van der Waals surface area contributed by atoms with Crippen LogP contribution in [0.2, 0.25) is 0 Å². The molecule has 0 saturated heterocycles. The Bertz CT molecular complexity index is 454. The molecule has 1 aromatic heterocycles. The van der Waals surface area contributed by atoms with Crippen LogP contribution in [0.1, 0.15) is 61.4 Å². The Hall–Kier alpha value is -0.870. The normalized spacial score (nSPS) is 14.2. The maximum Gasteiger partial charge on any atom is 0.220 e. The summed E-state index contributed by atoms with van der Waals surface area (Å²) < 4.78 is 0. The van der Waals surface area contributed by atoms with Crippen molar-refractivity contribution in [3.63, 3.8) is 0 Å². The molecule has 0 spiro atoms. The highest BCUT2D eigenvalue weighted by molar-refractivity contribution is 7.12. The van der Waals surface area contributed by atoms with E-state index in [1.165, 1.54) is 15.3 Å². The lowest BCUT2D eigenvalue weighted by molar-refractivity contribution is -0.122. The molecule has 1 heterocycles. The van der Waals surface area contributed by atoms with Gasteiger partial charge in [-0.15, -0.1) is 11.3 Å². The van der Waals surface area contributed by atoms with Gasteiger partial charge >= 0.3 is 0 Å². The molecular weight excluding hydrogens is 280 g/mol. The molecule has 1 aromatic rings. The molecule has 0 radical (unpaired) electrons. The first-order valence-electron chi connectivity index (χ1n) is 7.91. The third kappa shape index (κ3) is 5.79. The maximum atomic E-state index is 12.1. The van der Waals surface area contributed by atoms with E-state index in [0.717, 1.165) is 12.8 Å². The van der Waals surface area contributed by atoms with Gasteiger partial charge in [0.2, 0.25) is 5.91 Å². The van der Waals surface area contributed by atoms with Gasteiger partial charge in [-0.2, -0.15) is 0 Å². The average molecular weight is 311 g/mol. The summed E-state index contributed by atoms with van der Waals surface area (Å²) in [6.07, 6.45) is 2.52. The number of carbonyl (C=O) groups is 1. The minimum absolute atomic E-state index is 0.0921. The van der Waals surface area contributed by atoms with E-state index in [9.17, 15) is 4.79 Å². The quantitative estimate of drug-likeness (QED) is 0.764. The lowest BCUT2D eigenvalue weighted by Gasteiger charge is -2.20. The number of aryl methyl sites for hydroxylation is 2. The van der Waals surface area contributed by atoms with Gasteiger partial charge in [0.25, 0.3) is 0 Å². The molecule has 0 aliphatic carbocycles. The fourth-order valence-electron chi connectivity index (χ4n) is 2.81. The molecule has 0 aliphatic heterocycles. The van der Waals surface area contributed by atoms with Crippen LogP contribution in [0.4, 0.5) is 0 Å². The van der Waals surface area contributed by atoms with Crippen LogP contribution in [0.3, 0.4) is 0 Å². The molecule has 120 valence electrons. The average Bonchev–Trinajstić information content (AvgIpc) is 2.73. The fourth-order valence-corrected chi connectivity index (χ4v) is 3.84. The SMILES string of the molecule is Cc1cc(C(C)NC(=O)CCC(CCN)C(C)C)c(C)s1. The van der Waals surface area contributed by atoms with E-state index in [-0.39, 0.29) is 11.9 Å². The van der Waals surface area contributed by atoms with E-state index in [1.54, 1.807) is 11.3 Å². The van der Waals surface area contributed by atoms with Gasteiger partial charge in [0.05, 0.1) is 6.04 Å². The molecule has 0 aromatic carbocycles. The van der Waals surface area contributed by atoms with Gasteiger partial charge in [0.1, 0.15) is 0 Å². The molecule has 0 saturated carbocycles. The Morgan fingerprint density at radius 2 is 1.95 bits per heavy atom. The Morgan fingerprint density at radius 1 is 1.29 bits per heavy atom. The van der Waals surface area contributed by atoms with E-state index in [4.69, 9.17) is 5.73 Å². The van der Waals surface area contributed by atoms with Gasteiger partial charge in [-0.05, 0) is 63.6 Å². The summed E-state index contributed by atoms with van der Waals surface area (Å²) in [6, 6.07) is 2.27. The van der Waals surface area contributed by atoms with Crippen molar-refractivity contribution in [1.29, 1.82) is 0 Å². The summed E-state index contributed by atoms with van der Waals surface area (Å²) in [5.74, 6) is 1.27. The van der Waals surface area contributed by atoms with Crippen LogP contribution in [-0.4, -0.2) is 12.5 Å². The Balaban J connectivity index is 2.48. The van der Waals surface area contributed by atoms with Crippen molar-refractivity contribution in [2.45, 2.75) is 59.9 Å². The van der Waals surface area contributed by atoms with E-state index >= 15 is 0 Å². The lowest BCUT2D eigenvalue weighted by Crippen LogP contribution is -2.27. The molecule has 1 rings (SSSR count). The maximum absolute atomic E-state index is 12.1.